The zero-order chi connectivity index (χ0) is 24.8. The molecule has 35 heavy (non-hydrogen) atoms. The summed E-state index contributed by atoms with van der Waals surface area (Å²) in [6.07, 6.45) is -2.95. The van der Waals surface area contributed by atoms with E-state index in [4.69, 9.17) is 8.94 Å². The topological polar surface area (TPSA) is 117 Å². The van der Waals surface area contributed by atoms with Crippen molar-refractivity contribution in [2.24, 2.45) is 0 Å². The molecule has 1 fully saturated rings. The number of nitrogens with zero attached hydrogens (tertiary/aromatic N) is 4. The van der Waals surface area contributed by atoms with Gasteiger partial charge in [-0.25, -0.2) is 4.79 Å². The van der Waals surface area contributed by atoms with Crippen molar-refractivity contribution in [3.63, 3.8) is 0 Å². The van der Waals surface area contributed by atoms with Crippen LogP contribution in [-0.2, 0) is 24.1 Å². The van der Waals surface area contributed by atoms with E-state index in [2.05, 4.69) is 20.8 Å². The molecule has 2 N–H and O–H groups in total. The fourth-order valence-corrected chi connectivity index (χ4v) is 3.53. The van der Waals surface area contributed by atoms with Gasteiger partial charge in [-0.2, -0.15) is 18.2 Å². The number of nitrogens with one attached hydrogen (secondary N) is 2. The fraction of sp³-hybridized carbons (Fsp3) is 0.364. The number of rotatable bonds is 7. The SMILES string of the molecule is O=C(NCC(=O)N1CCN(Cc2nc(-c3cccc(C(F)(F)F)c3)no2)CC1)NCc1ccco1. The van der Waals surface area contributed by atoms with Crippen molar-refractivity contribution < 1.29 is 31.7 Å². The van der Waals surface area contributed by atoms with E-state index in [1.807, 2.05) is 4.90 Å². The average Bonchev–Trinajstić information content (AvgIpc) is 3.54. The lowest BCUT2D eigenvalue weighted by atomic mass is 10.1. The van der Waals surface area contributed by atoms with Crippen molar-refractivity contribution in [1.82, 2.24) is 30.6 Å². The van der Waals surface area contributed by atoms with Crippen molar-refractivity contribution in [1.29, 1.82) is 0 Å². The molecule has 3 amide bonds. The smallest absolute Gasteiger partial charge is 0.416 e. The average molecular weight is 492 g/mol. The first kappa shape index (κ1) is 24.3. The summed E-state index contributed by atoms with van der Waals surface area (Å²) in [4.78, 5) is 32.1. The second-order valence-electron chi connectivity index (χ2n) is 7.86. The third-order valence-electron chi connectivity index (χ3n) is 5.40. The molecule has 0 unspecified atom stereocenters. The van der Waals surface area contributed by atoms with Crippen LogP contribution in [0.2, 0.25) is 0 Å². The van der Waals surface area contributed by atoms with Crippen LogP contribution in [0.3, 0.4) is 0 Å². The van der Waals surface area contributed by atoms with Crippen LogP contribution in [0.15, 0.2) is 51.6 Å². The summed E-state index contributed by atoms with van der Waals surface area (Å²) in [6.45, 7) is 2.37. The Morgan fingerprint density at radius 3 is 2.57 bits per heavy atom. The maximum absolute atomic E-state index is 12.9. The number of carbonyl (C=O) groups excluding carboxylic acids is 2. The zero-order valence-corrected chi connectivity index (χ0v) is 18.5. The van der Waals surface area contributed by atoms with Crippen molar-refractivity contribution in [3.05, 3.63) is 59.9 Å². The highest BCUT2D eigenvalue weighted by atomic mass is 19.4. The van der Waals surface area contributed by atoms with Gasteiger partial charge in [0, 0.05) is 31.7 Å². The number of alkyl halides is 3. The lowest BCUT2D eigenvalue weighted by molar-refractivity contribution is -0.137. The monoisotopic (exact) mass is 492 g/mol. The first-order chi connectivity index (χ1) is 16.8. The highest BCUT2D eigenvalue weighted by molar-refractivity contribution is 5.84. The number of halogens is 3. The predicted molar refractivity (Wildman–Crippen MR) is 116 cm³/mol. The Morgan fingerprint density at radius 1 is 1.06 bits per heavy atom. The number of carbonyl (C=O) groups is 2. The Morgan fingerprint density at radius 2 is 1.86 bits per heavy atom. The summed E-state index contributed by atoms with van der Waals surface area (Å²) in [5.41, 5.74) is -0.572. The molecule has 4 rings (SSSR count). The molecule has 1 aromatic carbocycles. The highest BCUT2D eigenvalue weighted by Crippen LogP contribution is 2.31. The van der Waals surface area contributed by atoms with Gasteiger partial charge in [-0.05, 0) is 24.3 Å². The molecule has 13 heteroatoms. The van der Waals surface area contributed by atoms with Gasteiger partial charge in [-0.15, -0.1) is 0 Å². The van der Waals surface area contributed by atoms with Crippen LogP contribution in [-0.4, -0.2) is 64.6 Å². The minimum atomic E-state index is -4.46. The summed E-state index contributed by atoms with van der Waals surface area (Å²) in [6, 6.07) is 7.71. The molecule has 0 spiro atoms. The molecule has 0 aliphatic carbocycles. The van der Waals surface area contributed by atoms with E-state index < -0.39 is 17.8 Å². The van der Waals surface area contributed by atoms with Gasteiger partial charge >= 0.3 is 12.2 Å². The van der Waals surface area contributed by atoms with E-state index in [1.165, 1.54) is 18.4 Å². The third-order valence-corrected chi connectivity index (χ3v) is 5.40. The van der Waals surface area contributed by atoms with Crippen molar-refractivity contribution in [2.75, 3.05) is 32.7 Å². The van der Waals surface area contributed by atoms with Gasteiger partial charge in [0.05, 0.1) is 31.5 Å². The molecule has 186 valence electrons. The molecule has 0 bridgehead atoms. The zero-order valence-electron chi connectivity index (χ0n) is 18.5. The van der Waals surface area contributed by atoms with E-state index in [0.29, 0.717) is 38.5 Å². The molecule has 1 saturated heterocycles. The lowest BCUT2D eigenvalue weighted by Crippen LogP contribution is -2.51. The fourth-order valence-electron chi connectivity index (χ4n) is 3.53. The molecule has 3 aromatic rings. The standard InChI is InChI=1S/C22H23F3N6O4/c23-22(24,25)16-4-1-3-15(11-16)20-28-18(35-29-20)14-30-6-8-31(9-7-30)19(32)13-27-21(33)26-12-17-5-2-10-34-17/h1-5,10-11H,6-9,12-14H2,(H2,26,27,33). The second kappa shape index (κ2) is 10.6. The molecular weight excluding hydrogens is 469 g/mol. The maximum atomic E-state index is 12.9. The quantitative estimate of drug-likeness (QED) is 0.521. The molecule has 2 aromatic heterocycles. The first-order valence-corrected chi connectivity index (χ1v) is 10.8. The van der Waals surface area contributed by atoms with Gasteiger partial charge in [0.15, 0.2) is 0 Å². The number of hydrogen-bond acceptors (Lipinski definition) is 7. The molecule has 1 aliphatic rings. The van der Waals surface area contributed by atoms with Gasteiger partial charge in [0.25, 0.3) is 0 Å². The maximum Gasteiger partial charge on any atom is 0.416 e. The van der Waals surface area contributed by atoms with Crippen molar-refractivity contribution in [2.45, 2.75) is 19.3 Å². The van der Waals surface area contributed by atoms with Crippen LogP contribution >= 0.6 is 0 Å². The first-order valence-electron chi connectivity index (χ1n) is 10.8. The number of piperazine rings is 1. The van der Waals surface area contributed by atoms with E-state index in [1.54, 1.807) is 17.0 Å². The molecule has 10 nitrogen and oxygen atoms in total. The Labute approximate surface area is 198 Å². The van der Waals surface area contributed by atoms with Gasteiger partial charge in [0.1, 0.15) is 5.76 Å². The Hall–Kier alpha value is -3.87. The van der Waals surface area contributed by atoms with E-state index in [9.17, 15) is 22.8 Å². The van der Waals surface area contributed by atoms with Gasteiger partial charge in [-0.1, -0.05) is 17.3 Å². The third kappa shape index (κ3) is 6.59. The number of urea groups is 1. The number of amides is 3. The summed E-state index contributed by atoms with van der Waals surface area (Å²) in [5, 5.41) is 8.92. The number of benzene rings is 1. The normalized spacial score (nSPS) is 14.7. The van der Waals surface area contributed by atoms with Crippen molar-refractivity contribution in [3.8, 4) is 11.4 Å². The summed E-state index contributed by atoms with van der Waals surface area (Å²) in [7, 11) is 0. The summed E-state index contributed by atoms with van der Waals surface area (Å²) >= 11 is 0. The van der Waals surface area contributed by atoms with Gasteiger partial charge < -0.3 is 24.5 Å². The molecule has 0 atom stereocenters. The van der Waals surface area contributed by atoms with Crippen molar-refractivity contribution >= 4 is 11.9 Å². The molecular formula is C22H23F3N6O4. The number of aromatic nitrogens is 2. The molecule has 0 saturated carbocycles. The van der Waals surface area contributed by atoms with Gasteiger partial charge in [0.2, 0.25) is 17.6 Å². The second-order valence-corrected chi connectivity index (χ2v) is 7.86. The highest BCUT2D eigenvalue weighted by Gasteiger charge is 2.31. The summed E-state index contributed by atoms with van der Waals surface area (Å²) in [5.74, 6) is 0.747. The van der Waals surface area contributed by atoms with E-state index in [0.717, 1.165) is 12.1 Å². The lowest BCUT2D eigenvalue weighted by Gasteiger charge is -2.34. The van der Waals surface area contributed by atoms with E-state index in [-0.39, 0.29) is 36.3 Å². The van der Waals surface area contributed by atoms with Crippen LogP contribution in [0.4, 0.5) is 18.0 Å². The molecule has 0 radical (unpaired) electrons. The number of hydrogen-bond donors (Lipinski definition) is 2. The number of furan rings is 1. The van der Waals surface area contributed by atoms with E-state index >= 15 is 0 Å². The van der Waals surface area contributed by atoms with Crippen LogP contribution in [0.1, 0.15) is 17.2 Å². The van der Waals surface area contributed by atoms with Gasteiger partial charge in [-0.3, -0.25) is 9.69 Å². The minimum Gasteiger partial charge on any atom is -0.467 e. The Bertz CT molecular complexity index is 1140. The molecule has 1 aliphatic heterocycles. The van der Waals surface area contributed by atoms with Crippen LogP contribution < -0.4 is 10.6 Å². The minimum absolute atomic E-state index is 0.0799. The molecule has 3 heterocycles. The predicted octanol–water partition coefficient (Wildman–Crippen LogP) is 2.49. The Kier molecular flexibility index (Phi) is 7.34. The largest absolute Gasteiger partial charge is 0.467 e. The summed E-state index contributed by atoms with van der Waals surface area (Å²) < 4.78 is 49.1. The van der Waals surface area contributed by atoms with Crippen LogP contribution in [0.5, 0.6) is 0 Å². The van der Waals surface area contributed by atoms with Crippen LogP contribution in [0, 0.1) is 0 Å². The Balaban J connectivity index is 1.21. The van der Waals surface area contributed by atoms with Crippen LogP contribution in [0.25, 0.3) is 11.4 Å².